The van der Waals surface area contributed by atoms with Crippen LogP contribution in [-0.4, -0.2) is 13.7 Å². The quantitative estimate of drug-likeness (QED) is 0.828. The lowest BCUT2D eigenvalue weighted by molar-refractivity contribution is 0.407. The molecule has 0 bridgehead atoms. The Morgan fingerprint density at radius 1 is 1.05 bits per heavy atom. The van der Waals surface area contributed by atoms with Crippen molar-refractivity contribution in [1.29, 1.82) is 0 Å². The minimum atomic E-state index is 0.973. The summed E-state index contributed by atoms with van der Waals surface area (Å²) < 4.78 is 5.48. The van der Waals surface area contributed by atoms with Crippen LogP contribution in [0.5, 0.6) is 5.75 Å². The Labute approximate surface area is 114 Å². The largest absolute Gasteiger partial charge is 0.496 e. The van der Waals surface area contributed by atoms with Crippen molar-refractivity contribution in [2.45, 2.75) is 19.4 Å². The summed E-state index contributed by atoms with van der Waals surface area (Å²) in [4.78, 5) is 2.46. The molecule has 2 nitrogen and oxygen atoms in total. The van der Waals surface area contributed by atoms with Crippen molar-refractivity contribution < 1.29 is 4.74 Å². The van der Waals surface area contributed by atoms with Crippen molar-refractivity contribution in [3.63, 3.8) is 0 Å². The Bertz CT molecular complexity index is 550. The molecule has 1 aliphatic rings. The molecule has 0 aliphatic carbocycles. The molecular formula is C17H19NO. The maximum atomic E-state index is 5.48. The summed E-state index contributed by atoms with van der Waals surface area (Å²) in [5.41, 5.74) is 4.04. The Morgan fingerprint density at radius 3 is 2.68 bits per heavy atom. The Kier molecular flexibility index (Phi) is 3.41. The van der Waals surface area contributed by atoms with Gasteiger partial charge in [0, 0.05) is 24.3 Å². The van der Waals surface area contributed by atoms with Gasteiger partial charge in [0.1, 0.15) is 5.75 Å². The van der Waals surface area contributed by atoms with Gasteiger partial charge in [0.15, 0.2) is 0 Å². The van der Waals surface area contributed by atoms with Crippen LogP contribution in [-0.2, 0) is 13.0 Å². The molecule has 0 fully saturated rings. The SMILES string of the molecule is COc1cccc2c1CCCN2Cc1ccccc1. The maximum Gasteiger partial charge on any atom is 0.124 e. The Hall–Kier alpha value is -1.96. The highest BCUT2D eigenvalue weighted by Gasteiger charge is 2.19. The normalized spacial score (nSPS) is 14.1. The third kappa shape index (κ3) is 2.43. The number of hydrogen-bond acceptors (Lipinski definition) is 2. The minimum Gasteiger partial charge on any atom is -0.496 e. The zero-order valence-electron chi connectivity index (χ0n) is 11.3. The van der Waals surface area contributed by atoms with E-state index >= 15 is 0 Å². The summed E-state index contributed by atoms with van der Waals surface area (Å²) in [6, 6.07) is 17.0. The topological polar surface area (TPSA) is 12.5 Å². The zero-order chi connectivity index (χ0) is 13.1. The lowest BCUT2D eigenvalue weighted by Crippen LogP contribution is -2.28. The maximum absolute atomic E-state index is 5.48. The predicted molar refractivity (Wildman–Crippen MR) is 78.8 cm³/mol. The van der Waals surface area contributed by atoms with Crippen LogP contribution in [0.2, 0.25) is 0 Å². The van der Waals surface area contributed by atoms with Crippen molar-refractivity contribution in [3.8, 4) is 5.75 Å². The number of ether oxygens (including phenoxy) is 1. The van der Waals surface area contributed by atoms with E-state index in [4.69, 9.17) is 4.74 Å². The number of methoxy groups -OCH3 is 1. The van der Waals surface area contributed by atoms with E-state index in [1.807, 2.05) is 0 Å². The highest BCUT2D eigenvalue weighted by molar-refractivity contribution is 5.61. The van der Waals surface area contributed by atoms with Gasteiger partial charge >= 0.3 is 0 Å². The molecule has 0 spiro atoms. The van der Waals surface area contributed by atoms with Crippen LogP contribution >= 0.6 is 0 Å². The van der Waals surface area contributed by atoms with Crippen LogP contribution < -0.4 is 9.64 Å². The number of hydrogen-bond donors (Lipinski definition) is 0. The summed E-state index contributed by atoms with van der Waals surface area (Å²) in [5, 5.41) is 0. The van der Waals surface area contributed by atoms with Crippen molar-refractivity contribution in [2.75, 3.05) is 18.6 Å². The second-order valence-corrected chi connectivity index (χ2v) is 4.97. The van der Waals surface area contributed by atoms with E-state index in [-0.39, 0.29) is 0 Å². The summed E-state index contributed by atoms with van der Waals surface area (Å²) in [7, 11) is 1.76. The zero-order valence-corrected chi connectivity index (χ0v) is 11.3. The van der Waals surface area contributed by atoms with Gasteiger partial charge in [-0.3, -0.25) is 0 Å². The number of nitrogens with zero attached hydrogens (tertiary/aromatic N) is 1. The molecule has 0 aromatic heterocycles. The second kappa shape index (κ2) is 5.35. The van der Waals surface area contributed by atoms with Crippen LogP contribution in [0.3, 0.4) is 0 Å². The van der Waals surface area contributed by atoms with Crippen LogP contribution in [0.15, 0.2) is 48.5 Å². The Balaban J connectivity index is 1.90. The first-order valence-electron chi connectivity index (χ1n) is 6.83. The van der Waals surface area contributed by atoms with E-state index in [0.29, 0.717) is 0 Å². The number of fused-ring (bicyclic) bond motifs is 1. The van der Waals surface area contributed by atoms with Gasteiger partial charge in [-0.2, -0.15) is 0 Å². The fourth-order valence-electron chi connectivity index (χ4n) is 2.83. The minimum absolute atomic E-state index is 0.973. The molecular weight excluding hydrogens is 234 g/mol. The van der Waals surface area contributed by atoms with Gasteiger partial charge in [-0.05, 0) is 30.5 Å². The highest BCUT2D eigenvalue weighted by atomic mass is 16.5. The number of anilines is 1. The van der Waals surface area contributed by atoms with Gasteiger partial charge in [0.05, 0.1) is 7.11 Å². The van der Waals surface area contributed by atoms with E-state index in [1.54, 1.807) is 7.11 Å². The molecule has 0 saturated heterocycles. The number of rotatable bonds is 3. The molecule has 3 rings (SSSR count). The standard InChI is InChI=1S/C17H19NO/c1-19-17-11-5-10-16-15(17)9-6-12-18(16)13-14-7-3-2-4-8-14/h2-5,7-8,10-11H,6,9,12-13H2,1H3. The lowest BCUT2D eigenvalue weighted by Gasteiger charge is -2.32. The van der Waals surface area contributed by atoms with E-state index in [9.17, 15) is 0 Å². The predicted octanol–water partition coefficient (Wildman–Crippen LogP) is 3.65. The summed E-state index contributed by atoms with van der Waals surface area (Å²) >= 11 is 0. The van der Waals surface area contributed by atoms with Crippen molar-refractivity contribution in [3.05, 3.63) is 59.7 Å². The molecule has 2 heteroatoms. The van der Waals surface area contributed by atoms with Crippen molar-refractivity contribution in [1.82, 2.24) is 0 Å². The fraction of sp³-hybridized carbons (Fsp3) is 0.294. The molecule has 2 aromatic rings. The second-order valence-electron chi connectivity index (χ2n) is 4.97. The first kappa shape index (κ1) is 12.1. The van der Waals surface area contributed by atoms with Gasteiger partial charge in [-0.25, -0.2) is 0 Å². The lowest BCUT2D eigenvalue weighted by atomic mass is 10.00. The molecule has 2 aromatic carbocycles. The molecule has 98 valence electrons. The molecule has 19 heavy (non-hydrogen) atoms. The molecule has 0 amide bonds. The van der Waals surface area contributed by atoms with Crippen molar-refractivity contribution >= 4 is 5.69 Å². The first-order chi connectivity index (χ1) is 9.38. The molecule has 0 radical (unpaired) electrons. The monoisotopic (exact) mass is 253 g/mol. The van der Waals surface area contributed by atoms with Crippen LogP contribution in [0.25, 0.3) is 0 Å². The van der Waals surface area contributed by atoms with Crippen LogP contribution in [0.4, 0.5) is 5.69 Å². The molecule has 1 heterocycles. The van der Waals surface area contributed by atoms with E-state index in [1.165, 1.54) is 23.2 Å². The average molecular weight is 253 g/mol. The third-order valence-electron chi connectivity index (χ3n) is 3.74. The number of benzene rings is 2. The Morgan fingerprint density at radius 2 is 1.89 bits per heavy atom. The smallest absolute Gasteiger partial charge is 0.124 e. The molecule has 0 atom stereocenters. The molecule has 0 unspecified atom stereocenters. The molecule has 0 N–H and O–H groups in total. The summed E-state index contributed by atoms with van der Waals surface area (Å²) in [5.74, 6) is 1.02. The third-order valence-corrected chi connectivity index (χ3v) is 3.74. The molecule has 1 aliphatic heterocycles. The van der Waals surface area contributed by atoms with Gasteiger partial charge in [0.25, 0.3) is 0 Å². The van der Waals surface area contributed by atoms with Gasteiger partial charge in [0.2, 0.25) is 0 Å². The summed E-state index contributed by atoms with van der Waals surface area (Å²) in [6.07, 6.45) is 2.31. The van der Waals surface area contributed by atoms with Crippen LogP contribution in [0.1, 0.15) is 17.5 Å². The van der Waals surface area contributed by atoms with Gasteiger partial charge in [-0.1, -0.05) is 36.4 Å². The van der Waals surface area contributed by atoms with Crippen LogP contribution in [0, 0.1) is 0 Å². The molecule has 0 saturated carbocycles. The highest BCUT2D eigenvalue weighted by Crippen LogP contribution is 2.34. The van der Waals surface area contributed by atoms with Gasteiger partial charge < -0.3 is 9.64 Å². The fourth-order valence-corrected chi connectivity index (χ4v) is 2.83. The van der Waals surface area contributed by atoms with E-state index in [2.05, 4.69) is 53.4 Å². The average Bonchev–Trinajstić information content (AvgIpc) is 2.48. The van der Waals surface area contributed by atoms with Gasteiger partial charge in [-0.15, -0.1) is 0 Å². The van der Waals surface area contributed by atoms with Crippen molar-refractivity contribution in [2.24, 2.45) is 0 Å². The van der Waals surface area contributed by atoms with E-state index < -0.39 is 0 Å². The first-order valence-corrected chi connectivity index (χ1v) is 6.83. The van der Waals surface area contributed by atoms with E-state index in [0.717, 1.165) is 25.3 Å². The summed E-state index contributed by atoms with van der Waals surface area (Å²) in [6.45, 7) is 2.09.